The van der Waals surface area contributed by atoms with Gasteiger partial charge in [0.15, 0.2) is 0 Å². The minimum absolute atomic E-state index is 0.649. The summed E-state index contributed by atoms with van der Waals surface area (Å²) in [4.78, 5) is 5.19. The van der Waals surface area contributed by atoms with Gasteiger partial charge in [-0.15, -0.1) is 0 Å². The number of nitrogens with one attached hydrogen (secondary N) is 1. The molecule has 0 bridgehead atoms. The molecule has 106 valence electrons. The number of likely N-dealkylation sites (tertiary alicyclic amines) is 1. The van der Waals surface area contributed by atoms with Crippen molar-refractivity contribution in [3.63, 3.8) is 0 Å². The molecule has 18 heavy (non-hydrogen) atoms. The molecule has 0 aromatic heterocycles. The van der Waals surface area contributed by atoms with Gasteiger partial charge in [0.05, 0.1) is 13.2 Å². The van der Waals surface area contributed by atoms with Gasteiger partial charge >= 0.3 is 0 Å². The van der Waals surface area contributed by atoms with Crippen molar-refractivity contribution < 1.29 is 4.74 Å². The molecule has 0 aromatic carbocycles. The highest BCUT2D eigenvalue weighted by Gasteiger charge is 2.24. The van der Waals surface area contributed by atoms with Crippen LogP contribution < -0.4 is 5.32 Å². The number of nitrogens with zero attached hydrogens (tertiary/aromatic N) is 2. The second kappa shape index (κ2) is 7.43. The lowest BCUT2D eigenvalue weighted by Gasteiger charge is -2.37. The molecule has 2 heterocycles. The Bertz CT molecular complexity index is 231. The van der Waals surface area contributed by atoms with E-state index in [0.29, 0.717) is 6.04 Å². The molecule has 0 aliphatic carbocycles. The SMILES string of the molecule is CNC(C)C1CCCN(CCN2CCOCC2)C1. The third-order valence-electron chi connectivity index (χ3n) is 4.54. The summed E-state index contributed by atoms with van der Waals surface area (Å²) in [6.07, 6.45) is 2.75. The van der Waals surface area contributed by atoms with Crippen molar-refractivity contribution in [2.24, 2.45) is 5.92 Å². The summed E-state index contributed by atoms with van der Waals surface area (Å²) in [5.41, 5.74) is 0. The first kappa shape index (κ1) is 14.3. The van der Waals surface area contributed by atoms with Crippen LogP contribution in [0.5, 0.6) is 0 Å². The molecule has 2 atom stereocenters. The zero-order chi connectivity index (χ0) is 12.8. The van der Waals surface area contributed by atoms with E-state index < -0.39 is 0 Å². The fourth-order valence-electron chi connectivity index (χ4n) is 3.05. The average Bonchev–Trinajstić information content (AvgIpc) is 2.45. The van der Waals surface area contributed by atoms with E-state index in [9.17, 15) is 0 Å². The van der Waals surface area contributed by atoms with Crippen molar-refractivity contribution in [3.8, 4) is 0 Å². The van der Waals surface area contributed by atoms with Gasteiger partial charge < -0.3 is 15.0 Å². The Morgan fingerprint density at radius 3 is 2.61 bits per heavy atom. The molecule has 2 aliphatic rings. The number of ether oxygens (including phenoxy) is 1. The van der Waals surface area contributed by atoms with E-state index in [0.717, 1.165) is 32.2 Å². The molecule has 1 N–H and O–H groups in total. The molecule has 2 fully saturated rings. The van der Waals surface area contributed by atoms with Crippen LogP contribution in [0.3, 0.4) is 0 Å². The monoisotopic (exact) mass is 255 g/mol. The first-order valence-corrected chi connectivity index (χ1v) is 7.49. The third kappa shape index (κ3) is 4.19. The molecule has 0 radical (unpaired) electrons. The van der Waals surface area contributed by atoms with Crippen molar-refractivity contribution >= 4 is 0 Å². The summed E-state index contributed by atoms with van der Waals surface area (Å²) in [5.74, 6) is 0.827. The van der Waals surface area contributed by atoms with Gasteiger partial charge in [-0.25, -0.2) is 0 Å². The van der Waals surface area contributed by atoms with Crippen molar-refractivity contribution in [1.29, 1.82) is 0 Å². The fourth-order valence-corrected chi connectivity index (χ4v) is 3.05. The summed E-state index contributed by atoms with van der Waals surface area (Å²) < 4.78 is 5.39. The van der Waals surface area contributed by atoms with Crippen LogP contribution in [0.1, 0.15) is 19.8 Å². The largest absolute Gasteiger partial charge is 0.379 e. The summed E-state index contributed by atoms with van der Waals surface area (Å²) in [6.45, 7) is 11.4. The van der Waals surface area contributed by atoms with E-state index in [1.165, 1.54) is 39.0 Å². The van der Waals surface area contributed by atoms with E-state index in [4.69, 9.17) is 4.74 Å². The Morgan fingerprint density at radius 1 is 1.17 bits per heavy atom. The Balaban J connectivity index is 1.68. The standard InChI is InChI=1S/C14H29N3O/c1-13(15-2)14-4-3-5-17(12-14)7-6-16-8-10-18-11-9-16/h13-15H,3-12H2,1-2H3. The summed E-state index contributed by atoms with van der Waals surface area (Å²) in [6, 6.07) is 0.649. The second-order valence-electron chi connectivity index (χ2n) is 5.73. The van der Waals surface area contributed by atoms with E-state index in [1.807, 2.05) is 0 Å². The zero-order valence-corrected chi connectivity index (χ0v) is 12.0. The fraction of sp³-hybridized carbons (Fsp3) is 1.00. The number of morpholine rings is 1. The van der Waals surface area contributed by atoms with Gasteiger partial charge in [0.25, 0.3) is 0 Å². The molecule has 2 aliphatic heterocycles. The van der Waals surface area contributed by atoms with Crippen LogP contribution >= 0.6 is 0 Å². The molecule has 0 aromatic rings. The molecule has 0 saturated carbocycles. The molecule has 4 heteroatoms. The van der Waals surface area contributed by atoms with Crippen LogP contribution in [-0.4, -0.2) is 75.4 Å². The van der Waals surface area contributed by atoms with E-state index >= 15 is 0 Å². The lowest BCUT2D eigenvalue weighted by atomic mass is 9.92. The number of hydrogen-bond donors (Lipinski definition) is 1. The number of rotatable bonds is 5. The smallest absolute Gasteiger partial charge is 0.0594 e. The molecule has 2 rings (SSSR count). The van der Waals surface area contributed by atoms with Gasteiger partial charge in [0.2, 0.25) is 0 Å². The average molecular weight is 255 g/mol. The summed E-state index contributed by atoms with van der Waals surface area (Å²) >= 11 is 0. The van der Waals surface area contributed by atoms with Gasteiger partial charge in [-0.05, 0) is 39.3 Å². The number of hydrogen-bond acceptors (Lipinski definition) is 4. The molecule has 0 spiro atoms. The molecule has 2 saturated heterocycles. The molecular formula is C14H29N3O. The van der Waals surface area contributed by atoms with Crippen LogP contribution in [-0.2, 0) is 4.74 Å². The molecular weight excluding hydrogens is 226 g/mol. The van der Waals surface area contributed by atoms with Crippen molar-refractivity contribution in [1.82, 2.24) is 15.1 Å². The maximum atomic E-state index is 5.39. The van der Waals surface area contributed by atoms with Gasteiger partial charge in [-0.1, -0.05) is 0 Å². The van der Waals surface area contributed by atoms with Gasteiger partial charge in [0, 0.05) is 38.8 Å². The Kier molecular flexibility index (Phi) is 5.89. The van der Waals surface area contributed by atoms with Crippen LogP contribution in [0.2, 0.25) is 0 Å². The van der Waals surface area contributed by atoms with Crippen molar-refractivity contribution in [2.45, 2.75) is 25.8 Å². The highest BCUT2D eigenvalue weighted by Crippen LogP contribution is 2.19. The molecule has 4 nitrogen and oxygen atoms in total. The van der Waals surface area contributed by atoms with Crippen LogP contribution in [0.15, 0.2) is 0 Å². The predicted octanol–water partition coefficient (Wildman–Crippen LogP) is 0.639. The van der Waals surface area contributed by atoms with E-state index in [-0.39, 0.29) is 0 Å². The highest BCUT2D eigenvalue weighted by molar-refractivity contribution is 4.80. The zero-order valence-electron chi connectivity index (χ0n) is 12.0. The van der Waals surface area contributed by atoms with Crippen LogP contribution in [0.25, 0.3) is 0 Å². The molecule has 0 amide bonds. The van der Waals surface area contributed by atoms with Gasteiger partial charge in [0.1, 0.15) is 0 Å². The predicted molar refractivity (Wildman–Crippen MR) is 74.9 cm³/mol. The third-order valence-corrected chi connectivity index (χ3v) is 4.54. The lowest BCUT2D eigenvalue weighted by molar-refractivity contribution is 0.0302. The quantitative estimate of drug-likeness (QED) is 0.780. The first-order chi connectivity index (χ1) is 8.79. The van der Waals surface area contributed by atoms with Crippen LogP contribution in [0, 0.1) is 5.92 Å². The maximum Gasteiger partial charge on any atom is 0.0594 e. The van der Waals surface area contributed by atoms with E-state index in [1.54, 1.807) is 0 Å². The Morgan fingerprint density at radius 2 is 1.89 bits per heavy atom. The first-order valence-electron chi connectivity index (χ1n) is 7.49. The van der Waals surface area contributed by atoms with Crippen molar-refractivity contribution in [3.05, 3.63) is 0 Å². The summed E-state index contributed by atoms with van der Waals surface area (Å²) in [5, 5.41) is 3.41. The Labute approximate surface area is 112 Å². The second-order valence-corrected chi connectivity index (χ2v) is 5.73. The van der Waals surface area contributed by atoms with E-state index in [2.05, 4.69) is 29.1 Å². The topological polar surface area (TPSA) is 27.7 Å². The highest BCUT2D eigenvalue weighted by atomic mass is 16.5. The van der Waals surface area contributed by atoms with Gasteiger partial charge in [-0.3, -0.25) is 4.90 Å². The number of piperidine rings is 1. The van der Waals surface area contributed by atoms with Crippen LogP contribution in [0.4, 0.5) is 0 Å². The summed E-state index contributed by atoms with van der Waals surface area (Å²) in [7, 11) is 2.08. The van der Waals surface area contributed by atoms with Crippen molar-refractivity contribution in [2.75, 3.05) is 59.5 Å². The van der Waals surface area contributed by atoms with Gasteiger partial charge in [-0.2, -0.15) is 0 Å². The molecule has 2 unspecified atom stereocenters. The minimum atomic E-state index is 0.649. The Hall–Kier alpha value is -0.160. The normalized spacial score (nSPS) is 29.3. The maximum absolute atomic E-state index is 5.39. The lowest BCUT2D eigenvalue weighted by Crippen LogP contribution is -2.47. The minimum Gasteiger partial charge on any atom is -0.379 e.